The summed E-state index contributed by atoms with van der Waals surface area (Å²) in [5, 5.41) is 1.08. The van der Waals surface area contributed by atoms with Gasteiger partial charge >= 0.3 is 0 Å². The number of benzene rings is 2. The van der Waals surface area contributed by atoms with Crippen LogP contribution < -0.4 is 5.73 Å². The summed E-state index contributed by atoms with van der Waals surface area (Å²) < 4.78 is 13.5. The third kappa shape index (κ3) is 2.15. The van der Waals surface area contributed by atoms with Crippen molar-refractivity contribution in [3.8, 4) is 0 Å². The second-order valence-corrected chi connectivity index (χ2v) is 4.48. The molecule has 0 saturated heterocycles. The van der Waals surface area contributed by atoms with Gasteiger partial charge < -0.3 is 5.73 Å². The van der Waals surface area contributed by atoms with Gasteiger partial charge in [-0.15, -0.1) is 0 Å². The van der Waals surface area contributed by atoms with E-state index in [1.54, 1.807) is 12.3 Å². The molecule has 19 heavy (non-hydrogen) atoms. The minimum Gasteiger partial charge on any atom is -0.396 e. The van der Waals surface area contributed by atoms with E-state index >= 15 is 0 Å². The van der Waals surface area contributed by atoms with Crippen molar-refractivity contribution in [2.75, 3.05) is 5.73 Å². The second kappa shape index (κ2) is 4.69. The number of para-hydroxylation sites is 2. The highest BCUT2D eigenvalue weighted by molar-refractivity contribution is 5.82. The summed E-state index contributed by atoms with van der Waals surface area (Å²) >= 11 is 0. The van der Waals surface area contributed by atoms with Crippen LogP contribution in [0.4, 0.5) is 10.1 Å². The molecule has 0 saturated carbocycles. The first-order valence-electron chi connectivity index (χ1n) is 6.11. The molecule has 0 bridgehead atoms. The van der Waals surface area contributed by atoms with Crippen molar-refractivity contribution in [2.24, 2.45) is 0 Å². The first kappa shape index (κ1) is 11.7. The van der Waals surface area contributed by atoms with Crippen molar-refractivity contribution >= 4 is 16.6 Å². The molecule has 2 N–H and O–H groups in total. The van der Waals surface area contributed by atoms with Crippen molar-refractivity contribution in [1.82, 2.24) is 4.98 Å². The first-order valence-corrected chi connectivity index (χ1v) is 6.11. The number of nitrogens with two attached hydrogens (primary N) is 1. The molecule has 2 aromatic carbocycles. The summed E-state index contributed by atoms with van der Waals surface area (Å²) in [6.45, 7) is 0. The number of hydrogen-bond acceptors (Lipinski definition) is 2. The van der Waals surface area contributed by atoms with Gasteiger partial charge in [0.1, 0.15) is 5.82 Å². The summed E-state index contributed by atoms with van der Waals surface area (Å²) in [7, 11) is 0. The topological polar surface area (TPSA) is 38.9 Å². The summed E-state index contributed by atoms with van der Waals surface area (Å²) in [5.41, 5.74) is 8.85. The Hall–Kier alpha value is -2.42. The maximum Gasteiger partial charge on any atom is 0.146 e. The Labute approximate surface area is 110 Å². The lowest BCUT2D eigenvalue weighted by Crippen LogP contribution is -1.99. The molecule has 0 aliphatic carbocycles. The van der Waals surface area contributed by atoms with Gasteiger partial charge in [0.2, 0.25) is 0 Å². The Morgan fingerprint density at radius 2 is 1.79 bits per heavy atom. The number of rotatable bonds is 2. The zero-order valence-electron chi connectivity index (χ0n) is 10.3. The van der Waals surface area contributed by atoms with Gasteiger partial charge in [0.25, 0.3) is 0 Å². The van der Waals surface area contributed by atoms with Crippen LogP contribution in [0.15, 0.2) is 54.7 Å². The fourth-order valence-corrected chi connectivity index (χ4v) is 2.25. The minimum absolute atomic E-state index is 0.225. The van der Waals surface area contributed by atoms with Crippen molar-refractivity contribution in [2.45, 2.75) is 6.42 Å². The van der Waals surface area contributed by atoms with Gasteiger partial charge in [-0.1, -0.05) is 30.3 Å². The van der Waals surface area contributed by atoms with E-state index in [2.05, 4.69) is 4.98 Å². The van der Waals surface area contributed by atoms with E-state index in [9.17, 15) is 4.39 Å². The molecule has 0 radical (unpaired) electrons. The van der Waals surface area contributed by atoms with E-state index in [-0.39, 0.29) is 11.5 Å². The van der Waals surface area contributed by atoms with Crippen LogP contribution in [0.3, 0.4) is 0 Å². The number of nitrogen functional groups attached to an aromatic ring is 1. The molecule has 0 spiro atoms. The number of pyridine rings is 1. The van der Waals surface area contributed by atoms with Gasteiger partial charge in [0.05, 0.1) is 11.2 Å². The maximum absolute atomic E-state index is 13.5. The molecule has 0 unspecified atom stereocenters. The third-order valence-electron chi connectivity index (χ3n) is 3.26. The van der Waals surface area contributed by atoms with E-state index in [1.807, 2.05) is 36.4 Å². The quantitative estimate of drug-likeness (QED) is 0.708. The van der Waals surface area contributed by atoms with Crippen LogP contribution >= 0.6 is 0 Å². The van der Waals surface area contributed by atoms with Gasteiger partial charge in [-0.25, -0.2) is 4.39 Å². The molecule has 0 atom stereocenters. The first-order chi connectivity index (χ1) is 9.25. The average molecular weight is 252 g/mol. The summed E-state index contributed by atoms with van der Waals surface area (Å²) in [6, 6.07) is 14.8. The monoisotopic (exact) mass is 252 g/mol. The largest absolute Gasteiger partial charge is 0.396 e. The SMILES string of the molecule is Nc1c(F)cccc1Cc1ccnc2ccccc12. The van der Waals surface area contributed by atoms with Crippen LogP contribution in [0.5, 0.6) is 0 Å². The minimum atomic E-state index is -0.365. The van der Waals surface area contributed by atoms with Crippen molar-refractivity contribution < 1.29 is 4.39 Å². The number of nitrogens with zero attached hydrogens (tertiary/aromatic N) is 1. The van der Waals surface area contributed by atoms with Gasteiger partial charge in [-0.05, 0) is 29.3 Å². The molecule has 0 aliphatic rings. The van der Waals surface area contributed by atoms with E-state index in [0.29, 0.717) is 6.42 Å². The van der Waals surface area contributed by atoms with Crippen molar-refractivity contribution in [1.29, 1.82) is 0 Å². The van der Waals surface area contributed by atoms with Crippen LogP contribution in [0.25, 0.3) is 10.9 Å². The lowest BCUT2D eigenvalue weighted by Gasteiger charge is -2.09. The van der Waals surface area contributed by atoms with E-state index < -0.39 is 0 Å². The summed E-state index contributed by atoms with van der Waals surface area (Å²) in [5.74, 6) is -0.365. The normalized spacial score (nSPS) is 10.8. The summed E-state index contributed by atoms with van der Waals surface area (Å²) in [4.78, 5) is 4.32. The van der Waals surface area contributed by atoms with Crippen molar-refractivity contribution in [3.63, 3.8) is 0 Å². The Bertz CT molecular complexity index is 732. The highest BCUT2D eigenvalue weighted by Crippen LogP contribution is 2.23. The Balaban J connectivity index is 2.09. The Kier molecular flexibility index (Phi) is 2.88. The summed E-state index contributed by atoms with van der Waals surface area (Å²) in [6.07, 6.45) is 2.37. The molecule has 0 fully saturated rings. The number of anilines is 1. The number of halogens is 1. The average Bonchev–Trinajstić information content (AvgIpc) is 2.44. The Morgan fingerprint density at radius 1 is 0.947 bits per heavy atom. The smallest absolute Gasteiger partial charge is 0.146 e. The second-order valence-electron chi connectivity index (χ2n) is 4.48. The van der Waals surface area contributed by atoms with Gasteiger partial charge in [0.15, 0.2) is 0 Å². The molecule has 3 heteroatoms. The number of hydrogen-bond donors (Lipinski definition) is 1. The molecule has 3 aromatic rings. The Morgan fingerprint density at radius 3 is 2.68 bits per heavy atom. The molecule has 2 nitrogen and oxygen atoms in total. The molecular weight excluding hydrogens is 239 g/mol. The zero-order chi connectivity index (χ0) is 13.2. The lowest BCUT2D eigenvalue weighted by molar-refractivity contribution is 0.631. The van der Waals surface area contributed by atoms with Gasteiger partial charge in [-0.3, -0.25) is 4.98 Å². The van der Waals surface area contributed by atoms with E-state index in [1.165, 1.54) is 6.07 Å². The number of aromatic nitrogens is 1. The molecular formula is C16H13FN2. The highest BCUT2D eigenvalue weighted by Gasteiger charge is 2.07. The molecule has 1 heterocycles. The molecule has 94 valence electrons. The lowest BCUT2D eigenvalue weighted by atomic mass is 10.00. The maximum atomic E-state index is 13.5. The third-order valence-corrected chi connectivity index (χ3v) is 3.26. The van der Waals surface area contributed by atoms with Gasteiger partial charge in [0, 0.05) is 18.0 Å². The van der Waals surface area contributed by atoms with Crippen LogP contribution in [-0.4, -0.2) is 4.98 Å². The standard InChI is InChI=1S/C16H13FN2/c17-14-6-3-4-12(16(14)18)10-11-8-9-19-15-7-2-1-5-13(11)15/h1-9H,10,18H2. The fourth-order valence-electron chi connectivity index (χ4n) is 2.25. The van der Waals surface area contributed by atoms with Crippen LogP contribution in [0.1, 0.15) is 11.1 Å². The van der Waals surface area contributed by atoms with E-state index in [4.69, 9.17) is 5.73 Å². The van der Waals surface area contributed by atoms with E-state index in [0.717, 1.165) is 22.0 Å². The van der Waals surface area contributed by atoms with Crippen LogP contribution in [0.2, 0.25) is 0 Å². The predicted octanol–water partition coefficient (Wildman–Crippen LogP) is 3.55. The molecule has 0 amide bonds. The van der Waals surface area contributed by atoms with Crippen LogP contribution in [0, 0.1) is 5.82 Å². The van der Waals surface area contributed by atoms with Crippen LogP contribution in [-0.2, 0) is 6.42 Å². The zero-order valence-corrected chi connectivity index (χ0v) is 10.3. The molecule has 0 aliphatic heterocycles. The number of fused-ring (bicyclic) bond motifs is 1. The fraction of sp³-hybridized carbons (Fsp3) is 0.0625. The van der Waals surface area contributed by atoms with Crippen molar-refractivity contribution in [3.05, 3.63) is 71.7 Å². The molecule has 1 aromatic heterocycles. The van der Waals surface area contributed by atoms with Gasteiger partial charge in [-0.2, -0.15) is 0 Å². The highest BCUT2D eigenvalue weighted by atomic mass is 19.1. The molecule has 3 rings (SSSR count). The predicted molar refractivity (Wildman–Crippen MR) is 75.4 cm³/mol.